The third kappa shape index (κ3) is 2.22. The molecule has 3 aromatic rings. The van der Waals surface area contributed by atoms with E-state index in [1.807, 2.05) is 18.5 Å². The molecule has 0 bridgehead atoms. The molecule has 0 aromatic carbocycles. The Bertz CT molecular complexity index is 818. The van der Waals surface area contributed by atoms with E-state index in [2.05, 4.69) is 31.1 Å². The predicted octanol–water partition coefficient (Wildman–Crippen LogP) is 1.39. The Labute approximate surface area is 128 Å². The number of anilines is 1. The lowest BCUT2D eigenvalue weighted by atomic mass is 9.87. The lowest BCUT2D eigenvalue weighted by molar-refractivity contribution is 0.528. The van der Waals surface area contributed by atoms with E-state index in [4.69, 9.17) is 0 Å². The quantitative estimate of drug-likeness (QED) is 0.637. The highest BCUT2D eigenvalue weighted by atomic mass is 16.2. The molecule has 0 aliphatic carbocycles. The normalized spacial score (nSPS) is 18.5. The molecule has 1 saturated heterocycles. The first-order chi connectivity index (χ1) is 10.7. The van der Waals surface area contributed by atoms with Crippen molar-refractivity contribution in [3.05, 3.63) is 30.7 Å². The van der Waals surface area contributed by atoms with Gasteiger partial charge in [-0.25, -0.2) is 9.97 Å². The number of hydrogen-bond acceptors (Lipinski definition) is 5. The minimum atomic E-state index is -0.471. The van der Waals surface area contributed by atoms with Gasteiger partial charge in [-0.05, 0) is 25.4 Å². The van der Waals surface area contributed by atoms with Crippen molar-refractivity contribution in [1.29, 1.82) is 0 Å². The molecule has 0 saturated carbocycles. The molecule has 22 heavy (non-hydrogen) atoms. The number of pyridine rings is 2. The van der Waals surface area contributed by atoms with E-state index < -0.39 is 7.05 Å². The second-order valence-corrected chi connectivity index (χ2v) is 5.87. The number of rotatable bonds is 3. The fraction of sp³-hybridized carbons (Fsp3) is 0.333. The second kappa shape index (κ2) is 5.26. The van der Waals surface area contributed by atoms with Crippen LogP contribution in [-0.4, -0.2) is 46.2 Å². The van der Waals surface area contributed by atoms with Gasteiger partial charge in [-0.15, -0.1) is 0 Å². The third-order valence-corrected chi connectivity index (χ3v) is 4.28. The van der Waals surface area contributed by atoms with Crippen molar-refractivity contribution < 1.29 is 5.02 Å². The van der Waals surface area contributed by atoms with E-state index in [0.717, 1.165) is 36.1 Å². The summed E-state index contributed by atoms with van der Waals surface area (Å²) >= 11 is 0. The van der Waals surface area contributed by atoms with Crippen LogP contribution in [0.5, 0.6) is 0 Å². The molecule has 1 atom stereocenters. The molecular formula is C15H18BN5O. The lowest BCUT2D eigenvalue weighted by Gasteiger charge is -2.21. The molecule has 4 rings (SSSR count). The Hall–Kier alpha value is -2.12. The Balaban J connectivity index is 1.77. The van der Waals surface area contributed by atoms with E-state index in [-0.39, 0.29) is 0 Å². The van der Waals surface area contributed by atoms with Crippen LogP contribution in [0.2, 0.25) is 6.82 Å². The van der Waals surface area contributed by atoms with Gasteiger partial charge in [-0.1, -0.05) is 0 Å². The summed E-state index contributed by atoms with van der Waals surface area (Å²) in [7, 11) is -0.471. The fourth-order valence-electron chi connectivity index (χ4n) is 3.36. The smallest absolute Gasteiger partial charge is 0.373 e. The van der Waals surface area contributed by atoms with Gasteiger partial charge in [-0.3, -0.25) is 0 Å². The maximum absolute atomic E-state index is 9.50. The highest BCUT2D eigenvalue weighted by molar-refractivity contribution is 6.45. The molecule has 4 heterocycles. The van der Waals surface area contributed by atoms with Gasteiger partial charge in [0.15, 0.2) is 5.65 Å². The van der Waals surface area contributed by atoms with Gasteiger partial charge < -0.3 is 20.1 Å². The van der Waals surface area contributed by atoms with E-state index in [0.29, 0.717) is 6.04 Å². The SMILES string of the molecule is CB(O)NC1CCN(c2cc[nH]c3cnc4nccc4c23)C1. The molecule has 0 radical (unpaired) electrons. The average Bonchev–Trinajstić information content (AvgIpc) is 3.14. The first-order valence-corrected chi connectivity index (χ1v) is 7.62. The molecule has 7 heteroatoms. The Morgan fingerprint density at radius 2 is 2.32 bits per heavy atom. The number of H-pyrrole nitrogens is 1. The zero-order valence-corrected chi connectivity index (χ0v) is 12.5. The minimum absolute atomic E-state index is 0.314. The maximum atomic E-state index is 9.50. The van der Waals surface area contributed by atoms with Gasteiger partial charge in [0.25, 0.3) is 0 Å². The van der Waals surface area contributed by atoms with E-state index >= 15 is 0 Å². The number of aromatic nitrogens is 3. The molecular weight excluding hydrogens is 277 g/mol. The van der Waals surface area contributed by atoms with Crippen LogP contribution in [-0.2, 0) is 0 Å². The summed E-state index contributed by atoms with van der Waals surface area (Å²) < 4.78 is 0. The zero-order valence-electron chi connectivity index (χ0n) is 12.5. The summed E-state index contributed by atoms with van der Waals surface area (Å²) in [4.78, 5) is 14.3. The summed E-state index contributed by atoms with van der Waals surface area (Å²) in [5, 5.41) is 15.0. The molecule has 0 spiro atoms. The number of hydrogen-bond donors (Lipinski definition) is 3. The van der Waals surface area contributed by atoms with Gasteiger partial charge >= 0.3 is 7.05 Å². The lowest BCUT2D eigenvalue weighted by Crippen LogP contribution is -2.41. The standard InChI is InChI=1S/C15H18BN5O/c1-16(22)20-10-4-7-21(9-10)13-3-6-17-12-8-19-15-11(14(12)13)2-5-18-15/h2-3,5-6,8,10,17,20,22H,4,7,9H2,1H3. The molecule has 3 N–H and O–H groups in total. The first-order valence-electron chi connectivity index (χ1n) is 7.62. The Kier molecular flexibility index (Phi) is 3.24. The Morgan fingerprint density at radius 1 is 1.41 bits per heavy atom. The number of aromatic amines is 1. The number of nitrogens with one attached hydrogen (secondary N) is 2. The predicted molar refractivity (Wildman–Crippen MR) is 89.0 cm³/mol. The number of nitrogens with zero attached hydrogens (tertiary/aromatic N) is 3. The zero-order chi connectivity index (χ0) is 15.1. The molecule has 1 fully saturated rings. The minimum Gasteiger partial charge on any atom is -0.437 e. The molecule has 1 unspecified atom stereocenters. The topological polar surface area (TPSA) is 77.1 Å². The highest BCUT2D eigenvalue weighted by Gasteiger charge is 2.25. The van der Waals surface area contributed by atoms with Gasteiger partial charge in [0.1, 0.15) is 0 Å². The summed E-state index contributed by atoms with van der Waals surface area (Å²) in [5.41, 5.74) is 3.00. The van der Waals surface area contributed by atoms with Crippen molar-refractivity contribution in [2.75, 3.05) is 18.0 Å². The van der Waals surface area contributed by atoms with Crippen LogP contribution in [0, 0.1) is 0 Å². The molecule has 0 amide bonds. The van der Waals surface area contributed by atoms with E-state index in [9.17, 15) is 5.02 Å². The second-order valence-electron chi connectivity index (χ2n) is 5.87. The van der Waals surface area contributed by atoms with Crippen LogP contribution < -0.4 is 10.1 Å². The average molecular weight is 295 g/mol. The summed E-state index contributed by atoms with van der Waals surface area (Å²) in [5.74, 6) is 0. The summed E-state index contributed by atoms with van der Waals surface area (Å²) in [6.45, 7) is 3.63. The van der Waals surface area contributed by atoms with E-state index in [1.54, 1.807) is 13.0 Å². The van der Waals surface area contributed by atoms with Crippen LogP contribution >= 0.6 is 0 Å². The van der Waals surface area contributed by atoms with Crippen molar-refractivity contribution in [2.24, 2.45) is 0 Å². The third-order valence-electron chi connectivity index (χ3n) is 4.28. The Morgan fingerprint density at radius 3 is 3.18 bits per heavy atom. The van der Waals surface area contributed by atoms with Crippen molar-refractivity contribution in [2.45, 2.75) is 19.3 Å². The van der Waals surface area contributed by atoms with Crippen LogP contribution in [0.25, 0.3) is 21.9 Å². The molecule has 6 nitrogen and oxygen atoms in total. The summed E-state index contributed by atoms with van der Waals surface area (Å²) in [6, 6.07) is 4.44. The molecule has 1 aliphatic rings. The van der Waals surface area contributed by atoms with Crippen molar-refractivity contribution in [3.8, 4) is 0 Å². The van der Waals surface area contributed by atoms with Crippen LogP contribution in [0.1, 0.15) is 6.42 Å². The van der Waals surface area contributed by atoms with Crippen LogP contribution in [0.3, 0.4) is 0 Å². The van der Waals surface area contributed by atoms with Crippen molar-refractivity contribution in [3.63, 3.8) is 0 Å². The number of fused-ring (bicyclic) bond motifs is 3. The van der Waals surface area contributed by atoms with Crippen LogP contribution in [0.4, 0.5) is 5.69 Å². The van der Waals surface area contributed by atoms with Gasteiger partial charge in [-0.2, -0.15) is 0 Å². The molecule has 3 aromatic heterocycles. The highest BCUT2D eigenvalue weighted by Crippen LogP contribution is 2.32. The molecule has 1 aliphatic heterocycles. The monoisotopic (exact) mass is 295 g/mol. The van der Waals surface area contributed by atoms with Crippen LogP contribution in [0.15, 0.2) is 30.7 Å². The largest absolute Gasteiger partial charge is 0.437 e. The van der Waals surface area contributed by atoms with Crippen molar-refractivity contribution in [1.82, 2.24) is 20.2 Å². The maximum Gasteiger partial charge on any atom is 0.373 e. The fourth-order valence-corrected chi connectivity index (χ4v) is 3.36. The summed E-state index contributed by atoms with van der Waals surface area (Å²) in [6.07, 6.45) is 6.63. The van der Waals surface area contributed by atoms with Gasteiger partial charge in [0.2, 0.25) is 0 Å². The first kappa shape index (κ1) is 13.5. The molecule has 112 valence electrons. The van der Waals surface area contributed by atoms with Crippen molar-refractivity contribution >= 4 is 34.7 Å². The van der Waals surface area contributed by atoms with E-state index in [1.165, 1.54) is 11.1 Å². The van der Waals surface area contributed by atoms with Gasteiger partial charge in [0, 0.05) is 48.0 Å². The van der Waals surface area contributed by atoms with Gasteiger partial charge in [0.05, 0.1) is 11.7 Å².